The fourth-order valence-electron chi connectivity index (χ4n) is 7.54. The first kappa shape index (κ1) is 28.0. The van der Waals surface area contributed by atoms with Crippen LogP contribution in [0.25, 0.3) is 11.1 Å². The van der Waals surface area contributed by atoms with Gasteiger partial charge in [0.25, 0.3) is 0 Å². The van der Waals surface area contributed by atoms with E-state index in [4.69, 9.17) is 0 Å². The second-order valence-electron chi connectivity index (χ2n) is 12.7. The van der Waals surface area contributed by atoms with Crippen molar-refractivity contribution in [1.29, 1.82) is 0 Å². The van der Waals surface area contributed by atoms with Crippen molar-refractivity contribution in [3.05, 3.63) is 94.0 Å². The Morgan fingerprint density at radius 2 is 1.78 bits per heavy atom. The van der Waals surface area contributed by atoms with E-state index in [1.807, 2.05) is 4.90 Å². The third-order valence-corrected chi connectivity index (χ3v) is 10.0. The molecule has 1 saturated carbocycles. The second-order valence-corrected chi connectivity index (χ2v) is 12.7. The number of halogens is 3. The average molecular weight is 561 g/mol. The van der Waals surface area contributed by atoms with Crippen molar-refractivity contribution in [2.75, 3.05) is 6.54 Å². The van der Waals surface area contributed by atoms with Crippen LogP contribution in [0.15, 0.2) is 60.7 Å². The Morgan fingerprint density at radius 1 is 0.976 bits per heavy atom. The fourth-order valence-corrected chi connectivity index (χ4v) is 7.54. The summed E-state index contributed by atoms with van der Waals surface area (Å²) in [6, 6.07) is 19.8. The lowest BCUT2D eigenvalue weighted by Gasteiger charge is -2.40. The van der Waals surface area contributed by atoms with E-state index in [1.165, 1.54) is 33.9 Å². The van der Waals surface area contributed by atoms with Gasteiger partial charge in [-0.3, -0.25) is 4.79 Å². The number of hydrogen-bond acceptors (Lipinski definition) is 2. The lowest BCUT2D eigenvalue weighted by Crippen LogP contribution is -2.48. The number of carbonyl (C=O) groups excluding carboxylic acids is 1. The smallest absolute Gasteiger partial charge is 0.338 e. The number of nitrogens with one attached hydrogen (secondary N) is 1. The molecule has 1 unspecified atom stereocenters. The van der Waals surface area contributed by atoms with Gasteiger partial charge in [-0.25, -0.2) is 0 Å². The molecule has 3 aromatic rings. The summed E-state index contributed by atoms with van der Waals surface area (Å²) in [6.45, 7) is 7.21. The molecule has 3 atom stereocenters. The van der Waals surface area contributed by atoms with E-state index in [0.29, 0.717) is 18.5 Å². The van der Waals surface area contributed by atoms with Crippen LogP contribution in [-0.4, -0.2) is 23.4 Å². The number of alkyl halides is 3. The molecule has 0 aromatic heterocycles. The summed E-state index contributed by atoms with van der Waals surface area (Å²) >= 11 is 0. The van der Waals surface area contributed by atoms with Crippen LogP contribution in [0.1, 0.15) is 79.0 Å². The van der Waals surface area contributed by atoms with Crippen LogP contribution >= 0.6 is 0 Å². The van der Waals surface area contributed by atoms with Gasteiger partial charge in [0.1, 0.15) is 0 Å². The van der Waals surface area contributed by atoms with Gasteiger partial charge in [-0.15, -0.1) is 0 Å². The summed E-state index contributed by atoms with van der Waals surface area (Å²) in [5.74, 6) is 0.256. The molecule has 3 aromatic carbocycles. The second kappa shape index (κ2) is 10.6. The van der Waals surface area contributed by atoms with Crippen LogP contribution in [0.4, 0.5) is 13.2 Å². The molecule has 0 saturated heterocycles. The van der Waals surface area contributed by atoms with Gasteiger partial charge in [0.05, 0.1) is 11.0 Å². The van der Waals surface area contributed by atoms with E-state index in [-0.39, 0.29) is 30.5 Å². The minimum atomic E-state index is -4.38. The number of rotatable bonds is 5. The number of aryl methyl sites for hydroxylation is 2. The molecular weight excluding hydrogens is 521 g/mol. The molecule has 0 bridgehead atoms. The molecule has 6 rings (SSSR count). The van der Waals surface area contributed by atoms with Crippen LogP contribution in [0.5, 0.6) is 0 Å². The molecule has 0 radical (unpaired) electrons. The maximum atomic E-state index is 14.1. The zero-order valence-corrected chi connectivity index (χ0v) is 24.2. The quantitative estimate of drug-likeness (QED) is 0.343. The molecule has 3 nitrogen and oxygen atoms in total. The van der Waals surface area contributed by atoms with Crippen LogP contribution < -0.4 is 5.32 Å². The Morgan fingerprint density at radius 3 is 2.54 bits per heavy atom. The summed E-state index contributed by atoms with van der Waals surface area (Å²) in [4.78, 5) is 15.9. The van der Waals surface area contributed by atoms with Crippen LogP contribution in [-0.2, 0) is 30.4 Å². The van der Waals surface area contributed by atoms with Gasteiger partial charge < -0.3 is 10.2 Å². The molecule has 3 aliphatic rings. The van der Waals surface area contributed by atoms with E-state index in [9.17, 15) is 18.0 Å². The lowest BCUT2D eigenvalue weighted by atomic mass is 9.73. The highest BCUT2D eigenvalue weighted by Gasteiger charge is 2.50. The first-order valence-electron chi connectivity index (χ1n) is 15.0. The predicted octanol–water partition coefficient (Wildman–Crippen LogP) is 8.04. The van der Waals surface area contributed by atoms with Gasteiger partial charge in [0, 0.05) is 25.2 Å². The van der Waals surface area contributed by atoms with Gasteiger partial charge in [-0.05, 0) is 102 Å². The van der Waals surface area contributed by atoms with Crippen molar-refractivity contribution < 1.29 is 18.0 Å². The Bertz CT molecular complexity index is 1460. The van der Waals surface area contributed by atoms with Crippen molar-refractivity contribution in [3.8, 4) is 11.1 Å². The van der Waals surface area contributed by atoms with Crippen molar-refractivity contribution >= 4 is 5.91 Å². The molecule has 41 heavy (non-hydrogen) atoms. The third kappa shape index (κ3) is 5.20. The normalized spacial score (nSPS) is 24.0. The molecule has 1 fully saturated rings. The first-order valence-corrected chi connectivity index (χ1v) is 15.0. The Hall–Kier alpha value is -3.12. The molecule has 216 valence electrons. The maximum Gasteiger partial charge on any atom is 0.416 e. The number of fused-ring (bicyclic) bond motifs is 2. The van der Waals surface area contributed by atoms with E-state index in [2.05, 4.69) is 68.6 Å². The van der Waals surface area contributed by atoms with Crippen molar-refractivity contribution in [2.24, 2.45) is 11.3 Å². The van der Waals surface area contributed by atoms with Gasteiger partial charge in [-0.2, -0.15) is 13.2 Å². The molecule has 1 aliphatic heterocycles. The Kier molecular flexibility index (Phi) is 7.25. The maximum absolute atomic E-state index is 14.1. The molecular formula is C35H39F3N2O. The lowest BCUT2D eigenvalue weighted by molar-refractivity contribution is -0.145. The van der Waals surface area contributed by atoms with Crippen molar-refractivity contribution in [3.63, 3.8) is 0 Å². The highest BCUT2D eigenvalue weighted by molar-refractivity contribution is 5.84. The fraction of sp³-hybridized carbons (Fsp3) is 0.457. The largest absolute Gasteiger partial charge is 0.416 e. The number of benzene rings is 3. The topological polar surface area (TPSA) is 32.3 Å². The summed E-state index contributed by atoms with van der Waals surface area (Å²) in [6.07, 6.45) is 0.808. The van der Waals surface area contributed by atoms with Crippen molar-refractivity contribution in [1.82, 2.24) is 10.2 Å². The number of carbonyl (C=O) groups is 1. The molecule has 2 aliphatic carbocycles. The third-order valence-electron chi connectivity index (χ3n) is 10.0. The summed E-state index contributed by atoms with van der Waals surface area (Å²) in [5, 5.41) is 3.92. The molecule has 0 spiro atoms. The van der Waals surface area contributed by atoms with Gasteiger partial charge in [-0.1, -0.05) is 62.4 Å². The Labute approximate surface area is 241 Å². The van der Waals surface area contributed by atoms with Gasteiger partial charge in [0.15, 0.2) is 0 Å². The molecule has 1 amide bonds. The van der Waals surface area contributed by atoms with E-state index in [0.717, 1.165) is 43.7 Å². The summed E-state index contributed by atoms with van der Waals surface area (Å²) < 4.78 is 40.1. The van der Waals surface area contributed by atoms with Crippen molar-refractivity contribution in [2.45, 2.75) is 84.1 Å². The minimum Gasteiger partial charge on any atom is -0.338 e. The van der Waals surface area contributed by atoms with Crippen LogP contribution in [0.3, 0.4) is 0 Å². The van der Waals surface area contributed by atoms with E-state index in [1.54, 1.807) is 6.07 Å². The number of amides is 1. The summed E-state index contributed by atoms with van der Waals surface area (Å²) in [5.41, 5.74) is 6.98. The van der Waals surface area contributed by atoms with E-state index >= 15 is 0 Å². The standard InChI is InChI=1S/C35H39F3N2O/c1-22(2)34(33(41)40-17-15-24-8-11-28(35(36,37)38)19-27(24)21-40)16-14-29(20-34)39-32-13-10-26-18-25(9-12-31(26)32)30-7-5-4-6-23(30)3/h4-9,11-12,18-19,22,29,32,39H,10,13-17,20-21H2,1-3H3/t29-,32?,34+/m1/s1. The minimum absolute atomic E-state index is 0.106. The monoisotopic (exact) mass is 560 g/mol. The van der Waals surface area contributed by atoms with Crippen LogP contribution in [0, 0.1) is 18.3 Å². The Balaban J connectivity index is 1.16. The summed E-state index contributed by atoms with van der Waals surface area (Å²) in [7, 11) is 0. The molecule has 1 heterocycles. The highest BCUT2D eigenvalue weighted by atomic mass is 19.4. The SMILES string of the molecule is Cc1ccccc1-c1ccc2c(c1)CCC2N[C@@H]1CC[C@@](C(=O)N2CCc3ccc(C(F)(F)F)cc3C2)(C(C)C)C1. The van der Waals surface area contributed by atoms with Crippen LogP contribution in [0.2, 0.25) is 0 Å². The first-order chi connectivity index (χ1) is 19.5. The molecule has 1 N–H and O–H groups in total. The highest BCUT2D eigenvalue weighted by Crippen LogP contribution is 2.48. The zero-order valence-electron chi connectivity index (χ0n) is 24.2. The van der Waals surface area contributed by atoms with Gasteiger partial charge in [0.2, 0.25) is 5.91 Å². The molecule has 6 heteroatoms. The number of nitrogens with zero attached hydrogens (tertiary/aromatic N) is 1. The average Bonchev–Trinajstić information content (AvgIpc) is 3.57. The number of hydrogen-bond donors (Lipinski definition) is 1. The van der Waals surface area contributed by atoms with Gasteiger partial charge >= 0.3 is 6.18 Å². The predicted molar refractivity (Wildman–Crippen MR) is 156 cm³/mol. The van der Waals surface area contributed by atoms with E-state index < -0.39 is 17.2 Å². The zero-order chi connectivity index (χ0) is 28.9.